The molecule has 2 rings (SSSR count). The third kappa shape index (κ3) is 3.08. The summed E-state index contributed by atoms with van der Waals surface area (Å²) in [4.78, 5) is 24.3. The highest BCUT2D eigenvalue weighted by Gasteiger charge is 2.29. The molecule has 2 unspecified atom stereocenters. The monoisotopic (exact) mass is 268 g/mol. The maximum absolute atomic E-state index is 12.0. The minimum atomic E-state index is -1.17. The van der Waals surface area contributed by atoms with Crippen molar-refractivity contribution in [3.05, 3.63) is 11.9 Å². The number of aromatic carboxylic acids is 1. The zero-order valence-corrected chi connectivity index (χ0v) is 10.6. The van der Waals surface area contributed by atoms with Crippen LogP contribution in [0.15, 0.2) is 6.20 Å². The predicted octanol–water partition coefficient (Wildman–Crippen LogP) is -0.794. The number of carboxylic acids is 1. The van der Waals surface area contributed by atoms with Crippen LogP contribution in [0.3, 0.4) is 0 Å². The lowest BCUT2D eigenvalue weighted by Crippen LogP contribution is -2.33. The van der Waals surface area contributed by atoms with Crippen molar-refractivity contribution in [1.29, 1.82) is 0 Å². The number of hydrogen-bond donors (Lipinski definition) is 2. The SMILES string of the molecule is CC(O)C1CCN(C(=O)Cn2cc(C(=O)O)nn2)C1. The molecule has 1 aromatic rings. The fourth-order valence-electron chi connectivity index (χ4n) is 2.12. The van der Waals surface area contributed by atoms with E-state index in [0.717, 1.165) is 6.42 Å². The molecule has 0 radical (unpaired) electrons. The normalized spacial score (nSPS) is 20.5. The Bertz CT molecular complexity index is 485. The van der Waals surface area contributed by atoms with Gasteiger partial charge in [-0.15, -0.1) is 5.10 Å². The summed E-state index contributed by atoms with van der Waals surface area (Å²) in [5.74, 6) is -1.21. The van der Waals surface area contributed by atoms with Gasteiger partial charge in [0.05, 0.1) is 12.3 Å². The number of likely N-dealkylation sites (tertiary alicyclic amines) is 1. The van der Waals surface area contributed by atoms with Crippen LogP contribution in [-0.2, 0) is 11.3 Å². The molecule has 1 saturated heterocycles. The van der Waals surface area contributed by atoms with Crippen LogP contribution in [0.2, 0.25) is 0 Å². The molecule has 8 heteroatoms. The molecule has 8 nitrogen and oxygen atoms in total. The molecule has 0 saturated carbocycles. The van der Waals surface area contributed by atoms with E-state index in [2.05, 4.69) is 10.3 Å². The zero-order chi connectivity index (χ0) is 14.0. The Morgan fingerprint density at radius 2 is 2.32 bits per heavy atom. The van der Waals surface area contributed by atoms with Crippen LogP contribution < -0.4 is 0 Å². The summed E-state index contributed by atoms with van der Waals surface area (Å²) in [7, 11) is 0. The van der Waals surface area contributed by atoms with Crippen molar-refractivity contribution >= 4 is 11.9 Å². The molecule has 1 amide bonds. The summed E-state index contributed by atoms with van der Waals surface area (Å²) in [5.41, 5.74) is -0.184. The van der Waals surface area contributed by atoms with E-state index in [1.54, 1.807) is 11.8 Å². The topological polar surface area (TPSA) is 109 Å². The third-order valence-electron chi connectivity index (χ3n) is 3.31. The van der Waals surface area contributed by atoms with E-state index in [4.69, 9.17) is 5.11 Å². The van der Waals surface area contributed by atoms with Crippen molar-refractivity contribution in [1.82, 2.24) is 19.9 Å². The van der Waals surface area contributed by atoms with E-state index in [-0.39, 0.29) is 24.1 Å². The Morgan fingerprint density at radius 1 is 1.58 bits per heavy atom. The quantitative estimate of drug-likeness (QED) is 0.740. The minimum Gasteiger partial charge on any atom is -0.476 e. The summed E-state index contributed by atoms with van der Waals surface area (Å²) in [5, 5.41) is 25.2. The summed E-state index contributed by atoms with van der Waals surface area (Å²) < 4.78 is 1.21. The van der Waals surface area contributed by atoms with Gasteiger partial charge in [-0.1, -0.05) is 5.21 Å². The lowest BCUT2D eigenvalue weighted by atomic mass is 10.0. The number of aromatic nitrogens is 3. The fraction of sp³-hybridized carbons (Fsp3) is 0.636. The van der Waals surface area contributed by atoms with Crippen molar-refractivity contribution in [2.24, 2.45) is 5.92 Å². The smallest absolute Gasteiger partial charge is 0.358 e. The largest absolute Gasteiger partial charge is 0.476 e. The standard InChI is InChI=1S/C11H16N4O4/c1-7(16)8-2-3-14(4-8)10(17)6-15-5-9(11(18)19)12-13-15/h5,7-8,16H,2-4,6H2,1H3,(H,18,19). The molecule has 0 bridgehead atoms. The highest BCUT2D eigenvalue weighted by Crippen LogP contribution is 2.19. The molecule has 0 spiro atoms. The highest BCUT2D eigenvalue weighted by atomic mass is 16.4. The van der Waals surface area contributed by atoms with Crippen molar-refractivity contribution in [3.8, 4) is 0 Å². The molecule has 1 fully saturated rings. The highest BCUT2D eigenvalue weighted by molar-refractivity contribution is 5.84. The van der Waals surface area contributed by atoms with Crippen LogP contribution in [0.5, 0.6) is 0 Å². The third-order valence-corrected chi connectivity index (χ3v) is 3.31. The van der Waals surface area contributed by atoms with Crippen LogP contribution in [0, 0.1) is 5.92 Å². The van der Waals surface area contributed by atoms with Crippen molar-refractivity contribution in [3.63, 3.8) is 0 Å². The number of carbonyl (C=O) groups excluding carboxylic acids is 1. The van der Waals surface area contributed by atoms with E-state index in [1.807, 2.05) is 0 Å². The molecule has 1 aliphatic rings. The van der Waals surface area contributed by atoms with Gasteiger partial charge in [0.25, 0.3) is 0 Å². The second-order valence-electron chi connectivity index (χ2n) is 4.74. The zero-order valence-electron chi connectivity index (χ0n) is 10.6. The lowest BCUT2D eigenvalue weighted by Gasteiger charge is -2.17. The molecule has 2 heterocycles. The number of nitrogens with zero attached hydrogens (tertiary/aromatic N) is 4. The number of aliphatic hydroxyl groups is 1. The molecule has 0 aromatic carbocycles. The molecule has 2 atom stereocenters. The second-order valence-corrected chi connectivity index (χ2v) is 4.74. The van der Waals surface area contributed by atoms with E-state index >= 15 is 0 Å². The van der Waals surface area contributed by atoms with Gasteiger partial charge in [0.2, 0.25) is 5.91 Å². The van der Waals surface area contributed by atoms with Gasteiger partial charge in [0, 0.05) is 19.0 Å². The molecule has 0 aliphatic carbocycles. The van der Waals surface area contributed by atoms with Gasteiger partial charge >= 0.3 is 5.97 Å². The molecule has 2 N–H and O–H groups in total. The average molecular weight is 268 g/mol. The van der Waals surface area contributed by atoms with Gasteiger partial charge in [0.1, 0.15) is 6.54 Å². The number of carbonyl (C=O) groups is 2. The first kappa shape index (κ1) is 13.5. The van der Waals surface area contributed by atoms with Crippen molar-refractivity contribution in [2.45, 2.75) is 26.0 Å². The maximum Gasteiger partial charge on any atom is 0.358 e. The Balaban J connectivity index is 1.92. The molecule has 19 heavy (non-hydrogen) atoms. The van der Waals surface area contributed by atoms with E-state index in [0.29, 0.717) is 13.1 Å². The molecular weight excluding hydrogens is 252 g/mol. The maximum atomic E-state index is 12.0. The predicted molar refractivity (Wildman–Crippen MR) is 63.3 cm³/mol. The van der Waals surface area contributed by atoms with Crippen molar-refractivity contribution in [2.75, 3.05) is 13.1 Å². The summed E-state index contributed by atoms with van der Waals surface area (Å²) in [6, 6.07) is 0. The van der Waals surface area contributed by atoms with Crippen molar-refractivity contribution < 1.29 is 19.8 Å². The van der Waals surface area contributed by atoms with E-state index in [9.17, 15) is 14.7 Å². The Kier molecular flexibility index (Phi) is 3.79. The van der Waals surface area contributed by atoms with Crippen LogP contribution >= 0.6 is 0 Å². The van der Waals surface area contributed by atoms with Gasteiger partial charge in [-0.2, -0.15) is 0 Å². The van der Waals surface area contributed by atoms with Crippen LogP contribution in [0.4, 0.5) is 0 Å². The Morgan fingerprint density at radius 3 is 2.84 bits per heavy atom. The molecule has 1 aliphatic heterocycles. The fourth-order valence-corrected chi connectivity index (χ4v) is 2.12. The first-order chi connectivity index (χ1) is 8.97. The Hall–Kier alpha value is -1.96. The number of rotatable bonds is 4. The van der Waals surface area contributed by atoms with Gasteiger partial charge < -0.3 is 15.1 Å². The molecular formula is C11H16N4O4. The first-order valence-electron chi connectivity index (χ1n) is 6.06. The number of carboxylic acid groups (broad SMARTS) is 1. The average Bonchev–Trinajstić information content (AvgIpc) is 2.96. The lowest BCUT2D eigenvalue weighted by molar-refractivity contribution is -0.131. The van der Waals surface area contributed by atoms with Crippen LogP contribution in [-0.4, -0.2) is 61.2 Å². The van der Waals surface area contributed by atoms with Gasteiger partial charge in [-0.3, -0.25) is 4.79 Å². The molecule has 104 valence electrons. The summed E-state index contributed by atoms with van der Waals surface area (Å²) in [6.07, 6.45) is 1.58. The second kappa shape index (κ2) is 5.35. The number of hydrogen-bond acceptors (Lipinski definition) is 5. The van der Waals surface area contributed by atoms with Crippen LogP contribution in [0.25, 0.3) is 0 Å². The first-order valence-corrected chi connectivity index (χ1v) is 6.06. The van der Waals surface area contributed by atoms with E-state index < -0.39 is 12.1 Å². The van der Waals surface area contributed by atoms with Gasteiger partial charge in [-0.25, -0.2) is 9.48 Å². The van der Waals surface area contributed by atoms with Gasteiger partial charge in [-0.05, 0) is 13.3 Å². The summed E-state index contributed by atoms with van der Waals surface area (Å²) >= 11 is 0. The molecule has 1 aromatic heterocycles. The van der Waals surface area contributed by atoms with Gasteiger partial charge in [0.15, 0.2) is 5.69 Å². The van der Waals surface area contributed by atoms with Crippen LogP contribution in [0.1, 0.15) is 23.8 Å². The minimum absolute atomic E-state index is 0.0349. The number of aliphatic hydroxyl groups excluding tert-OH is 1. The summed E-state index contributed by atoms with van der Waals surface area (Å²) in [6.45, 7) is 2.81. The van der Waals surface area contributed by atoms with E-state index in [1.165, 1.54) is 10.9 Å². The Labute approximate surface area is 109 Å². The number of amides is 1.